The van der Waals surface area contributed by atoms with Crippen LogP contribution in [0.3, 0.4) is 0 Å². The van der Waals surface area contributed by atoms with Gasteiger partial charge in [-0.3, -0.25) is 0 Å². The van der Waals surface area contributed by atoms with Crippen LogP contribution in [0.25, 0.3) is 0 Å². The fraction of sp³-hybridized carbons (Fsp3) is 0.333. The summed E-state index contributed by atoms with van der Waals surface area (Å²) in [6, 6.07) is 8.87. The Balaban J connectivity index is 2.09. The van der Waals surface area contributed by atoms with Crippen molar-refractivity contribution in [1.82, 2.24) is 0 Å². The van der Waals surface area contributed by atoms with Crippen LogP contribution in [0.5, 0.6) is 0 Å². The Bertz CT molecular complexity index is 487. The topological polar surface area (TPSA) is 0 Å². The van der Waals surface area contributed by atoms with Gasteiger partial charge < -0.3 is 0 Å². The van der Waals surface area contributed by atoms with Gasteiger partial charge in [-0.05, 0) is 47.5 Å². The molecule has 0 N–H and O–H groups in total. The standard InChI is InChI=1S/C18H22/c1-14(2)18-11-7-8-16(13-18)12-15(3)17-9-5-4-6-10-17/h5,7-11,13-14H,3-4,6,12H2,1-2H3. The predicted octanol–water partition coefficient (Wildman–Crippen LogP) is 5.19. The zero-order valence-electron chi connectivity index (χ0n) is 11.4. The molecule has 94 valence electrons. The summed E-state index contributed by atoms with van der Waals surface area (Å²) in [6.45, 7) is 8.70. The number of benzene rings is 1. The Morgan fingerprint density at radius 3 is 2.78 bits per heavy atom. The fourth-order valence-corrected chi connectivity index (χ4v) is 2.29. The molecule has 0 saturated carbocycles. The number of hydrogen-bond donors (Lipinski definition) is 0. The molecular formula is C18H22. The zero-order chi connectivity index (χ0) is 13.0. The number of rotatable bonds is 4. The molecule has 1 aromatic rings. The smallest absolute Gasteiger partial charge is 0.00257 e. The normalized spacial score (nSPS) is 14.7. The van der Waals surface area contributed by atoms with Crippen LogP contribution in [0.4, 0.5) is 0 Å². The summed E-state index contributed by atoms with van der Waals surface area (Å²) in [7, 11) is 0. The molecule has 0 aromatic heterocycles. The van der Waals surface area contributed by atoms with Crippen LogP contribution in [0, 0.1) is 0 Å². The Labute approximate surface area is 111 Å². The minimum absolute atomic E-state index is 0.590. The van der Waals surface area contributed by atoms with Crippen molar-refractivity contribution in [3.8, 4) is 0 Å². The van der Waals surface area contributed by atoms with Crippen molar-refractivity contribution in [3.05, 3.63) is 71.3 Å². The second kappa shape index (κ2) is 5.86. The molecule has 0 nitrogen and oxygen atoms in total. The highest BCUT2D eigenvalue weighted by Gasteiger charge is 2.05. The Morgan fingerprint density at radius 1 is 1.28 bits per heavy atom. The van der Waals surface area contributed by atoms with Crippen LogP contribution in [0.15, 0.2) is 60.2 Å². The lowest BCUT2D eigenvalue weighted by Gasteiger charge is -2.12. The van der Waals surface area contributed by atoms with Crippen LogP contribution >= 0.6 is 0 Å². The quantitative estimate of drug-likeness (QED) is 0.677. The average molecular weight is 238 g/mol. The molecule has 18 heavy (non-hydrogen) atoms. The SMILES string of the molecule is C=C(Cc1cccc(C(C)C)c1)C1=CCCC=C1. The summed E-state index contributed by atoms with van der Waals surface area (Å²) in [5.74, 6) is 0.590. The summed E-state index contributed by atoms with van der Waals surface area (Å²) < 4.78 is 0. The van der Waals surface area contributed by atoms with Crippen LogP contribution in [-0.2, 0) is 6.42 Å². The molecule has 0 heteroatoms. The van der Waals surface area contributed by atoms with E-state index in [1.54, 1.807) is 0 Å². The van der Waals surface area contributed by atoms with Crippen LogP contribution in [0.1, 0.15) is 43.7 Å². The molecule has 0 spiro atoms. The molecule has 0 amide bonds. The second-order valence-corrected chi connectivity index (χ2v) is 5.32. The molecule has 0 aliphatic heterocycles. The van der Waals surface area contributed by atoms with Crippen LogP contribution in [0.2, 0.25) is 0 Å². The molecular weight excluding hydrogens is 216 g/mol. The summed E-state index contributed by atoms with van der Waals surface area (Å²) in [5, 5.41) is 0. The van der Waals surface area contributed by atoms with Gasteiger partial charge in [0.05, 0.1) is 0 Å². The molecule has 1 aromatic carbocycles. The first-order valence-electron chi connectivity index (χ1n) is 6.80. The van der Waals surface area contributed by atoms with Gasteiger partial charge in [-0.25, -0.2) is 0 Å². The molecule has 0 saturated heterocycles. The van der Waals surface area contributed by atoms with E-state index < -0.39 is 0 Å². The Hall–Kier alpha value is -1.56. The van der Waals surface area contributed by atoms with Crippen molar-refractivity contribution in [2.45, 2.75) is 39.0 Å². The lowest BCUT2D eigenvalue weighted by atomic mass is 9.93. The van der Waals surface area contributed by atoms with Crippen LogP contribution in [-0.4, -0.2) is 0 Å². The largest absolute Gasteiger partial charge is 0.0949 e. The molecule has 0 radical (unpaired) electrons. The average Bonchev–Trinajstić information content (AvgIpc) is 2.40. The molecule has 0 fully saturated rings. The summed E-state index contributed by atoms with van der Waals surface area (Å²) in [4.78, 5) is 0. The molecule has 1 aliphatic carbocycles. The van der Waals surface area contributed by atoms with E-state index in [4.69, 9.17) is 0 Å². The van der Waals surface area contributed by atoms with Crippen molar-refractivity contribution < 1.29 is 0 Å². The zero-order valence-corrected chi connectivity index (χ0v) is 11.4. The van der Waals surface area contributed by atoms with E-state index in [1.165, 1.54) is 28.7 Å². The minimum Gasteiger partial charge on any atom is -0.0949 e. The van der Waals surface area contributed by atoms with E-state index in [1.807, 2.05) is 0 Å². The third kappa shape index (κ3) is 3.22. The lowest BCUT2D eigenvalue weighted by molar-refractivity contribution is 0.863. The van der Waals surface area contributed by atoms with Gasteiger partial charge in [0.15, 0.2) is 0 Å². The monoisotopic (exact) mass is 238 g/mol. The van der Waals surface area contributed by atoms with Crippen molar-refractivity contribution in [2.75, 3.05) is 0 Å². The first-order chi connectivity index (χ1) is 8.66. The van der Waals surface area contributed by atoms with E-state index in [2.05, 4.69) is 62.9 Å². The third-order valence-electron chi connectivity index (χ3n) is 3.44. The maximum absolute atomic E-state index is 4.23. The van der Waals surface area contributed by atoms with E-state index >= 15 is 0 Å². The minimum atomic E-state index is 0.590. The van der Waals surface area contributed by atoms with Gasteiger partial charge >= 0.3 is 0 Å². The Morgan fingerprint density at radius 2 is 2.11 bits per heavy atom. The predicted molar refractivity (Wildman–Crippen MR) is 79.8 cm³/mol. The van der Waals surface area contributed by atoms with E-state index in [-0.39, 0.29) is 0 Å². The first-order valence-corrected chi connectivity index (χ1v) is 6.80. The lowest BCUT2D eigenvalue weighted by Crippen LogP contribution is -1.96. The van der Waals surface area contributed by atoms with Gasteiger partial charge in [-0.2, -0.15) is 0 Å². The van der Waals surface area contributed by atoms with Gasteiger partial charge in [-0.15, -0.1) is 0 Å². The highest BCUT2D eigenvalue weighted by atomic mass is 14.1. The summed E-state index contributed by atoms with van der Waals surface area (Å²) in [6.07, 6.45) is 10.0. The van der Waals surface area contributed by atoms with Crippen molar-refractivity contribution in [2.24, 2.45) is 0 Å². The Kier molecular flexibility index (Phi) is 4.19. The van der Waals surface area contributed by atoms with E-state index in [0.29, 0.717) is 5.92 Å². The van der Waals surface area contributed by atoms with Gasteiger partial charge in [-0.1, -0.05) is 62.9 Å². The summed E-state index contributed by atoms with van der Waals surface area (Å²) in [5.41, 5.74) is 5.32. The van der Waals surface area contributed by atoms with Crippen molar-refractivity contribution >= 4 is 0 Å². The molecule has 0 unspecified atom stereocenters. The van der Waals surface area contributed by atoms with Crippen molar-refractivity contribution in [3.63, 3.8) is 0 Å². The first kappa shape index (κ1) is 12.9. The van der Waals surface area contributed by atoms with Gasteiger partial charge in [0, 0.05) is 0 Å². The molecule has 0 heterocycles. The molecule has 2 rings (SSSR count). The van der Waals surface area contributed by atoms with Gasteiger partial charge in [0.2, 0.25) is 0 Å². The third-order valence-corrected chi connectivity index (χ3v) is 3.44. The van der Waals surface area contributed by atoms with Crippen LogP contribution < -0.4 is 0 Å². The summed E-state index contributed by atoms with van der Waals surface area (Å²) >= 11 is 0. The second-order valence-electron chi connectivity index (χ2n) is 5.32. The number of hydrogen-bond acceptors (Lipinski definition) is 0. The maximum atomic E-state index is 4.23. The van der Waals surface area contributed by atoms with E-state index in [0.717, 1.165) is 12.8 Å². The van der Waals surface area contributed by atoms with Gasteiger partial charge in [0.1, 0.15) is 0 Å². The highest BCUT2D eigenvalue weighted by molar-refractivity contribution is 5.43. The highest BCUT2D eigenvalue weighted by Crippen LogP contribution is 2.22. The van der Waals surface area contributed by atoms with E-state index in [9.17, 15) is 0 Å². The molecule has 0 bridgehead atoms. The number of allylic oxidation sites excluding steroid dienone is 5. The van der Waals surface area contributed by atoms with Gasteiger partial charge in [0.25, 0.3) is 0 Å². The van der Waals surface area contributed by atoms with Crippen molar-refractivity contribution in [1.29, 1.82) is 0 Å². The maximum Gasteiger partial charge on any atom is -0.00257 e. The fourth-order valence-electron chi connectivity index (χ4n) is 2.29. The molecule has 1 aliphatic rings. The molecule has 0 atom stereocenters.